The lowest BCUT2D eigenvalue weighted by Gasteiger charge is -2.10. The van der Waals surface area contributed by atoms with Crippen LogP contribution in [-0.4, -0.2) is 37.0 Å². The first-order chi connectivity index (χ1) is 14.5. The fraction of sp³-hybridized carbons (Fsp3) is 0.227. The zero-order valence-electron chi connectivity index (χ0n) is 17.2. The molecule has 1 aromatic carbocycles. The van der Waals surface area contributed by atoms with Gasteiger partial charge in [0.25, 0.3) is 5.78 Å². The van der Waals surface area contributed by atoms with Crippen LogP contribution in [0.25, 0.3) is 17.2 Å². The van der Waals surface area contributed by atoms with E-state index < -0.39 is 0 Å². The SMILES string of the molecule is Cc1cc(C)cc(NC(=O)CCNc2cc(C)nc3nc(-c4cccnc4)nn23)c1. The van der Waals surface area contributed by atoms with E-state index in [2.05, 4.69) is 36.8 Å². The Hall–Kier alpha value is -3.81. The van der Waals surface area contributed by atoms with Crippen molar-refractivity contribution >= 4 is 23.2 Å². The molecular weight excluding hydrogens is 378 g/mol. The molecule has 0 fully saturated rings. The molecule has 0 saturated carbocycles. The molecule has 4 aromatic rings. The molecule has 8 heteroatoms. The average Bonchev–Trinajstić information content (AvgIpc) is 3.12. The highest BCUT2D eigenvalue weighted by molar-refractivity contribution is 5.91. The molecule has 0 spiro atoms. The van der Waals surface area contributed by atoms with Crippen molar-refractivity contribution in [2.75, 3.05) is 17.2 Å². The number of amides is 1. The molecule has 2 N–H and O–H groups in total. The summed E-state index contributed by atoms with van der Waals surface area (Å²) in [5, 5.41) is 10.8. The van der Waals surface area contributed by atoms with Gasteiger partial charge in [-0.15, -0.1) is 5.10 Å². The normalized spacial score (nSPS) is 10.9. The van der Waals surface area contributed by atoms with Gasteiger partial charge in [0.05, 0.1) is 0 Å². The summed E-state index contributed by atoms with van der Waals surface area (Å²) in [6.07, 6.45) is 3.74. The maximum Gasteiger partial charge on any atom is 0.254 e. The minimum Gasteiger partial charge on any atom is -0.369 e. The molecule has 152 valence electrons. The zero-order chi connectivity index (χ0) is 21.1. The Morgan fingerprint density at radius 3 is 2.60 bits per heavy atom. The van der Waals surface area contributed by atoms with E-state index >= 15 is 0 Å². The summed E-state index contributed by atoms with van der Waals surface area (Å²) in [7, 11) is 0. The van der Waals surface area contributed by atoms with E-state index in [1.54, 1.807) is 16.9 Å². The Morgan fingerprint density at radius 2 is 1.87 bits per heavy atom. The van der Waals surface area contributed by atoms with Gasteiger partial charge in [0.1, 0.15) is 5.82 Å². The van der Waals surface area contributed by atoms with Crippen molar-refractivity contribution in [1.82, 2.24) is 24.6 Å². The number of aryl methyl sites for hydroxylation is 3. The first-order valence-electron chi connectivity index (χ1n) is 9.75. The van der Waals surface area contributed by atoms with Crippen LogP contribution in [0.1, 0.15) is 23.2 Å². The van der Waals surface area contributed by atoms with E-state index in [9.17, 15) is 4.79 Å². The van der Waals surface area contributed by atoms with Crippen LogP contribution in [0.5, 0.6) is 0 Å². The lowest BCUT2D eigenvalue weighted by atomic mass is 10.1. The third kappa shape index (κ3) is 4.43. The summed E-state index contributed by atoms with van der Waals surface area (Å²) in [6, 6.07) is 11.6. The number of hydrogen-bond acceptors (Lipinski definition) is 6. The third-order valence-corrected chi connectivity index (χ3v) is 4.52. The Bertz CT molecular complexity index is 1180. The fourth-order valence-electron chi connectivity index (χ4n) is 3.30. The van der Waals surface area contributed by atoms with Gasteiger partial charge >= 0.3 is 0 Å². The van der Waals surface area contributed by atoms with Crippen molar-refractivity contribution in [1.29, 1.82) is 0 Å². The number of pyridine rings is 1. The molecule has 0 aliphatic carbocycles. The second kappa shape index (κ2) is 8.28. The summed E-state index contributed by atoms with van der Waals surface area (Å²) >= 11 is 0. The van der Waals surface area contributed by atoms with Crippen LogP contribution < -0.4 is 10.6 Å². The molecule has 0 bridgehead atoms. The van der Waals surface area contributed by atoms with Gasteiger partial charge in [-0.05, 0) is 56.2 Å². The van der Waals surface area contributed by atoms with Crippen molar-refractivity contribution in [2.24, 2.45) is 0 Å². The quantitative estimate of drug-likeness (QED) is 0.513. The van der Waals surface area contributed by atoms with Gasteiger partial charge in [-0.3, -0.25) is 9.78 Å². The van der Waals surface area contributed by atoms with E-state index in [-0.39, 0.29) is 5.91 Å². The summed E-state index contributed by atoms with van der Waals surface area (Å²) in [6.45, 7) is 6.38. The minimum absolute atomic E-state index is 0.0517. The van der Waals surface area contributed by atoms with Gasteiger partial charge in [-0.2, -0.15) is 9.50 Å². The molecule has 30 heavy (non-hydrogen) atoms. The van der Waals surface area contributed by atoms with Gasteiger partial charge in [0, 0.05) is 48.4 Å². The van der Waals surface area contributed by atoms with Crippen LogP contribution in [0, 0.1) is 20.8 Å². The summed E-state index contributed by atoms with van der Waals surface area (Å²) in [5.41, 5.74) is 4.69. The second-order valence-corrected chi connectivity index (χ2v) is 7.27. The summed E-state index contributed by atoms with van der Waals surface area (Å²) < 4.78 is 1.65. The van der Waals surface area contributed by atoms with Crippen LogP contribution >= 0.6 is 0 Å². The number of hydrogen-bond donors (Lipinski definition) is 2. The number of anilines is 2. The number of rotatable bonds is 6. The smallest absolute Gasteiger partial charge is 0.254 e. The van der Waals surface area contributed by atoms with E-state index in [0.29, 0.717) is 24.6 Å². The molecule has 0 saturated heterocycles. The molecule has 3 heterocycles. The molecule has 8 nitrogen and oxygen atoms in total. The van der Waals surface area contributed by atoms with Gasteiger partial charge < -0.3 is 10.6 Å². The minimum atomic E-state index is -0.0517. The number of fused-ring (bicyclic) bond motifs is 1. The monoisotopic (exact) mass is 401 g/mol. The Morgan fingerprint density at radius 1 is 1.07 bits per heavy atom. The molecule has 0 aliphatic rings. The molecule has 0 unspecified atom stereocenters. The molecule has 3 aromatic heterocycles. The predicted octanol–water partition coefficient (Wildman–Crippen LogP) is 3.55. The van der Waals surface area contributed by atoms with E-state index in [4.69, 9.17) is 0 Å². The second-order valence-electron chi connectivity index (χ2n) is 7.27. The molecule has 4 rings (SSSR count). The van der Waals surface area contributed by atoms with Crippen LogP contribution in [-0.2, 0) is 4.79 Å². The Balaban J connectivity index is 1.46. The molecule has 0 atom stereocenters. The van der Waals surface area contributed by atoms with Gasteiger partial charge in [0.2, 0.25) is 5.91 Å². The van der Waals surface area contributed by atoms with Crippen molar-refractivity contribution in [3.05, 3.63) is 65.6 Å². The summed E-state index contributed by atoms with van der Waals surface area (Å²) in [5.74, 6) is 1.73. The highest BCUT2D eigenvalue weighted by Gasteiger charge is 2.12. The maximum atomic E-state index is 12.3. The van der Waals surface area contributed by atoms with E-state index in [0.717, 1.165) is 33.9 Å². The average molecular weight is 401 g/mol. The first kappa shape index (κ1) is 19.5. The van der Waals surface area contributed by atoms with Crippen molar-refractivity contribution in [2.45, 2.75) is 27.2 Å². The molecular formula is C22H23N7O. The lowest BCUT2D eigenvalue weighted by Crippen LogP contribution is -2.17. The van der Waals surface area contributed by atoms with Gasteiger partial charge in [-0.1, -0.05) is 6.07 Å². The third-order valence-electron chi connectivity index (χ3n) is 4.52. The summed E-state index contributed by atoms with van der Waals surface area (Å²) in [4.78, 5) is 25.4. The largest absolute Gasteiger partial charge is 0.369 e. The first-order valence-corrected chi connectivity index (χ1v) is 9.75. The highest BCUT2D eigenvalue weighted by Crippen LogP contribution is 2.18. The number of benzene rings is 1. The number of carbonyl (C=O) groups excluding carboxylic acids is 1. The van der Waals surface area contributed by atoms with Crippen molar-refractivity contribution < 1.29 is 4.79 Å². The number of nitrogens with zero attached hydrogens (tertiary/aromatic N) is 5. The van der Waals surface area contributed by atoms with Crippen molar-refractivity contribution in [3.8, 4) is 11.4 Å². The van der Waals surface area contributed by atoms with Crippen LogP contribution in [0.3, 0.4) is 0 Å². The van der Waals surface area contributed by atoms with E-state index in [1.807, 2.05) is 51.1 Å². The van der Waals surface area contributed by atoms with Gasteiger partial charge in [-0.25, -0.2) is 4.98 Å². The zero-order valence-corrected chi connectivity index (χ0v) is 17.2. The van der Waals surface area contributed by atoms with Crippen LogP contribution in [0.15, 0.2) is 48.8 Å². The number of nitrogens with one attached hydrogen (secondary N) is 2. The topological polar surface area (TPSA) is 97.1 Å². The maximum absolute atomic E-state index is 12.3. The number of aromatic nitrogens is 5. The van der Waals surface area contributed by atoms with Crippen LogP contribution in [0.4, 0.5) is 11.5 Å². The molecule has 0 radical (unpaired) electrons. The van der Waals surface area contributed by atoms with Crippen molar-refractivity contribution in [3.63, 3.8) is 0 Å². The fourth-order valence-corrected chi connectivity index (χ4v) is 3.30. The standard InChI is InChI=1S/C22H23N7O/c1-14-9-15(2)11-18(10-14)26-20(30)6-8-24-19-12-16(3)25-22-27-21(28-29(19)22)17-5-4-7-23-13-17/h4-5,7,9-13,24H,6,8H2,1-3H3,(H,26,30). The molecule has 1 amide bonds. The van der Waals surface area contributed by atoms with E-state index in [1.165, 1.54) is 0 Å². The lowest BCUT2D eigenvalue weighted by molar-refractivity contribution is -0.115. The molecule has 0 aliphatic heterocycles. The predicted molar refractivity (Wildman–Crippen MR) is 116 cm³/mol. The van der Waals surface area contributed by atoms with Gasteiger partial charge in [0.15, 0.2) is 5.82 Å². The number of carbonyl (C=O) groups is 1. The Kier molecular flexibility index (Phi) is 5.38. The van der Waals surface area contributed by atoms with Crippen LogP contribution in [0.2, 0.25) is 0 Å². The Labute approximate surface area is 174 Å². The highest BCUT2D eigenvalue weighted by atomic mass is 16.1.